The topological polar surface area (TPSA) is 119 Å². The Kier molecular flexibility index (Phi) is 10.3. The van der Waals surface area contributed by atoms with E-state index in [0.717, 1.165) is 63.9 Å². The number of carbonyl (C=O) groups is 2. The van der Waals surface area contributed by atoms with Crippen LogP contribution in [0.15, 0.2) is 73.3 Å². The maximum atomic E-state index is 12.4. The predicted molar refractivity (Wildman–Crippen MR) is 176 cm³/mol. The molecule has 0 unspecified atom stereocenters. The SMILES string of the molecule is CC.CC(C)(C)OC(=O)N1CCN(c2ccc(-c3cnc4c(-c5ccnc6cc(C=O)ccc56)cnn4c3)cc2)CC1.CN. The Morgan fingerprint density at radius 1 is 0.886 bits per heavy atom. The lowest BCUT2D eigenvalue weighted by molar-refractivity contribution is 0.0240. The van der Waals surface area contributed by atoms with E-state index in [2.05, 4.69) is 45.0 Å². The Balaban J connectivity index is 0.00000106. The van der Waals surface area contributed by atoms with Gasteiger partial charge in [-0.2, -0.15) is 5.10 Å². The van der Waals surface area contributed by atoms with E-state index < -0.39 is 5.60 Å². The molecule has 4 heterocycles. The molecule has 1 aliphatic rings. The Morgan fingerprint density at radius 2 is 1.59 bits per heavy atom. The van der Waals surface area contributed by atoms with Crippen molar-refractivity contribution in [1.82, 2.24) is 24.5 Å². The normalized spacial score (nSPS) is 13.1. The number of nitrogens with zero attached hydrogens (tertiary/aromatic N) is 6. The van der Waals surface area contributed by atoms with E-state index in [4.69, 9.17) is 9.72 Å². The van der Waals surface area contributed by atoms with Crippen LogP contribution in [0.4, 0.5) is 10.5 Å². The second-order valence-electron chi connectivity index (χ2n) is 10.9. The van der Waals surface area contributed by atoms with Crippen molar-refractivity contribution in [3.05, 3.63) is 78.9 Å². The van der Waals surface area contributed by atoms with Crippen LogP contribution >= 0.6 is 0 Å². The summed E-state index contributed by atoms with van der Waals surface area (Å²) in [5.74, 6) is 0. The number of aromatic nitrogens is 4. The molecule has 2 N–H and O–H groups in total. The Labute approximate surface area is 258 Å². The van der Waals surface area contributed by atoms with Crippen LogP contribution in [0.3, 0.4) is 0 Å². The summed E-state index contributed by atoms with van der Waals surface area (Å²) in [6.45, 7) is 12.4. The van der Waals surface area contributed by atoms with Crippen molar-refractivity contribution in [3.8, 4) is 22.3 Å². The number of carbonyl (C=O) groups excluding carboxylic acids is 2. The molecule has 1 saturated heterocycles. The first-order chi connectivity index (χ1) is 21.3. The van der Waals surface area contributed by atoms with Crippen LogP contribution in [0.25, 0.3) is 38.8 Å². The van der Waals surface area contributed by atoms with E-state index in [1.54, 1.807) is 27.7 Å². The molecule has 0 saturated carbocycles. The Bertz CT molecular complexity index is 1720. The zero-order chi connectivity index (χ0) is 31.9. The van der Waals surface area contributed by atoms with Crippen LogP contribution in [0.5, 0.6) is 0 Å². The molecule has 0 aliphatic carbocycles. The number of hydrogen-bond donors (Lipinski definition) is 1. The lowest BCUT2D eigenvalue weighted by atomic mass is 10.0. The summed E-state index contributed by atoms with van der Waals surface area (Å²) in [5.41, 5.74) is 11.1. The molecule has 0 spiro atoms. The van der Waals surface area contributed by atoms with Gasteiger partial charge in [0.15, 0.2) is 5.65 Å². The molecule has 1 fully saturated rings. The van der Waals surface area contributed by atoms with E-state index in [1.807, 2.05) is 65.3 Å². The molecule has 0 radical (unpaired) electrons. The Morgan fingerprint density at radius 3 is 2.25 bits per heavy atom. The van der Waals surface area contributed by atoms with Crippen molar-refractivity contribution in [1.29, 1.82) is 0 Å². The van der Waals surface area contributed by atoms with Crippen LogP contribution in [0.1, 0.15) is 45.0 Å². The fraction of sp³-hybridized carbons (Fsp3) is 0.324. The third-order valence-electron chi connectivity index (χ3n) is 7.05. The number of piperazine rings is 1. The van der Waals surface area contributed by atoms with Crippen LogP contribution in [0, 0.1) is 0 Å². The van der Waals surface area contributed by atoms with Crippen LogP contribution in [-0.2, 0) is 4.74 Å². The minimum Gasteiger partial charge on any atom is -0.444 e. The van der Waals surface area contributed by atoms with Crippen LogP contribution < -0.4 is 10.6 Å². The van der Waals surface area contributed by atoms with E-state index in [0.29, 0.717) is 18.7 Å². The number of ether oxygens (including phenoxy) is 1. The first-order valence-corrected chi connectivity index (χ1v) is 14.9. The van der Waals surface area contributed by atoms with Gasteiger partial charge in [0.25, 0.3) is 0 Å². The van der Waals surface area contributed by atoms with Gasteiger partial charge in [-0.05, 0) is 63.2 Å². The summed E-state index contributed by atoms with van der Waals surface area (Å²) in [4.78, 5) is 36.8. The minimum absolute atomic E-state index is 0.253. The molecular weight excluding hydrogens is 554 g/mol. The lowest BCUT2D eigenvalue weighted by Crippen LogP contribution is -2.50. The molecule has 10 nitrogen and oxygen atoms in total. The second-order valence-corrected chi connectivity index (χ2v) is 10.9. The highest BCUT2D eigenvalue weighted by Crippen LogP contribution is 2.31. The average Bonchev–Trinajstić information content (AvgIpc) is 3.48. The van der Waals surface area contributed by atoms with Gasteiger partial charge >= 0.3 is 6.09 Å². The fourth-order valence-electron chi connectivity index (χ4n) is 5.03. The highest BCUT2D eigenvalue weighted by atomic mass is 16.6. The monoisotopic (exact) mass is 595 g/mol. The molecule has 5 aromatic rings. The summed E-state index contributed by atoms with van der Waals surface area (Å²) in [6, 6.07) is 15.8. The van der Waals surface area contributed by atoms with Crippen molar-refractivity contribution in [3.63, 3.8) is 0 Å². The molecule has 0 bridgehead atoms. The van der Waals surface area contributed by atoms with Gasteiger partial charge in [-0.1, -0.05) is 38.1 Å². The van der Waals surface area contributed by atoms with Gasteiger partial charge in [0.1, 0.15) is 11.9 Å². The average molecular weight is 596 g/mol. The fourth-order valence-corrected chi connectivity index (χ4v) is 5.03. The number of rotatable bonds is 4. The van der Waals surface area contributed by atoms with Gasteiger partial charge in [0, 0.05) is 72.5 Å². The van der Waals surface area contributed by atoms with Gasteiger partial charge in [-0.25, -0.2) is 14.3 Å². The molecule has 6 rings (SSSR count). The summed E-state index contributed by atoms with van der Waals surface area (Å²) in [7, 11) is 1.50. The third-order valence-corrected chi connectivity index (χ3v) is 7.05. The number of fused-ring (bicyclic) bond motifs is 2. The van der Waals surface area contributed by atoms with Crippen molar-refractivity contribution in [2.24, 2.45) is 5.73 Å². The predicted octanol–water partition coefficient (Wildman–Crippen LogP) is 6.08. The largest absolute Gasteiger partial charge is 0.444 e. The van der Waals surface area contributed by atoms with Crippen molar-refractivity contribution in [2.75, 3.05) is 38.1 Å². The Hall–Kier alpha value is -4.83. The van der Waals surface area contributed by atoms with Gasteiger partial charge < -0.3 is 20.3 Å². The molecular formula is C34H41N7O3. The van der Waals surface area contributed by atoms with Gasteiger partial charge in [-0.3, -0.25) is 9.78 Å². The molecule has 10 heteroatoms. The quantitative estimate of drug-likeness (QED) is 0.248. The van der Waals surface area contributed by atoms with Crippen LogP contribution in [-0.4, -0.2) is 75.7 Å². The standard InChI is InChI=1S/C31H30N6O3.C2H6.CH5N/c1-31(2,3)40-30(39)36-14-12-35(13-15-36)24-7-5-22(6-8-24)23-17-33-29-27(18-34-37(29)19-23)25-10-11-32-28-16-21(20-38)4-9-26(25)28;2*1-2/h4-11,16-20H,12-15H2,1-3H3;1-2H3;2H2,1H3. The minimum atomic E-state index is -0.491. The van der Waals surface area contributed by atoms with Crippen molar-refractivity contribution in [2.45, 2.75) is 40.2 Å². The number of anilines is 1. The highest BCUT2D eigenvalue weighted by molar-refractivity contribution is 5.99. The van der Waals surface area contributed by atoms with E-state index in [1.165, 1.54) is 7.05 Å². The summed E-state index contributed by atoms with van der Waals surface area (Å²) in [6.07, 6.45) is 7.97. The molecule has 1 amide bonds. The first-order valence-electron chi connectivity index (χ1n) is 14.9. The number of pyridine rings is 1. The molecule has 230 valence electrons. The molecule has 2 aromatic carbocycles. The maximum Gasteiger partial charge on any atom is 0.410 e. The summed E-state index contributed by atoms with van der Waals surface area (Å²) in [5, 5.41) is 5.52. The number of hydrogen-bond acceptors (Lipinski definition) is 8. The van der Waals surface area contributed by atoms with Crippen molar-refractivity contribution < 1.29 is 14.3 Å². The second kappa shape index (κ2) is 14.1. The summed E-state index contributed by atoms with van der Waals surface area (Å²) >= 11 is 0. The molecule has 1 aliphatic heterocycles. The molecule has 0 atom stereocenters. The zero-order valence-corrected chi connectivity index (χ0v) is 26.3. The number of nitrogens with two attached hydrogens (primary N) is 1. The van der Waals surface area contributed by atoms with Gasteiger partial charge in [0.05, 0.1) is 11.7 Å². The molecule has 44 heavy (non-hydrogen) atoms. The highest BCUT2D eigenvalue weighted by Gasteiger charge is 2.26. The maximum absolute atomic E-state index is 12.4. The number of benzene rings is 2. The third kappa shape index (κ3) is 7.03. The summed E-state index contributed by atoms with van der Waals surface area (Å²) < 4.78 is 7.30. The first kappa shape index (κ1) is 32.1. The smallest absolute Gasteiger partial charge is 0.410 e. The zero-order valence-electron chi connectivity index (χ0n) is 26.3. The van der Waals surface area contributed by atoms with E-state index >= 15 is 0 Å². The number of amides is 1. The van der Waals surface area contributed by atoms with Crippen molar-refractivity contribution >= 4 is 34.6 Å². The lowest BCUT2D eigenvalue weighted by Gasteiger charge is -2.36. The molecule has 3 aromatic heterocycles. The van der Waals surface area contributed by atoms with E-state index in [-0.39, 0.29) is 6.09 Å². The van der Waals surface area contributed by atoms with Crippen LogP contribution in [0.2, 0.25) is 0 Å². The number of aldehydes is 1. The van der Waals surface area contributed by atoms with E-state index in [9.17, 15) is 9.59 Å². The van der Waals surface area contributed by atoms with Gasteiger partial charge in [0.2, 0.25) is 0 Å². The van der Waals surface area contributed by atoms with Gasteiger partial charge in [-0.15, -0.1) is 0 Å².